The van der Waals surface area contributed by atoms with Gasteiger partial charge in [0.25, 0.3) is 0 Å². The highest BCUT2D eigenvalue weighted by Crippen LogP contribution is 1.77. The van der Waals surface area contributed by atoms with Crippen molar-refractivity contribution < 1.29 is 17.8 Å². The molecule has 0 aliphatic carbocycles. The number of alkyl halides is 1. The molecule has 0 aromatic heterocycles. The summed E-state index contributed by atoms with van der Waals surface area (Å²) >= 11 is 4.87. The van der Waals surface area contributed by atoms with Crippen molar-refractivity contribution in [1.29, 1.82) is 0 Å². The van der Waals surface area contributed by atoms with Crippen molar-refractivity contribution in [3.8, 4) is 0 Å². The third kappa shape index (κ3) is 5.54. The topological polar surface area (TPSA) is 83.5 Å². The van der Waals surface area contributed by atoms with Crippen LogP contribution in [0.3, 0.4) is 0 Å². The van der Waals surface area contributed by atoms with E-state index in [2.05, 4.69) is 0 Å². The number of halogens is 1. The number of hydrogen-bond acceptors (Lipinski definition) is 3. The molecule has 2 N–H and O–H groups in total. The van der Waals surface area contributed by atoms with Crippen LogP contribution in [0.15, 0.2) is 0 Å². The highest BCUT2D eigenvalue weighted by Gasteiger charge is 2.06. The molecule has 0 bridgehead atoms. The molecule has 0 heterocycles. The molecule has 0 saturated heterocycles. The van der Waals surface area contributed by atoms with Crippen molar-refractivity contribution in [2.75, 3.05) is 5.88 Å². The summed E-state index contributed by atoms with van der Waals surface area (Å²) in [6.45, 7) is 0. The molecule has 54 valence electrons. The lowest BCUT2D eigenvalue weighted by atomic mass is 10.8. The van der Waals surface area contributed by atoms with Gasteiger partial charge in [0, 0.05) is 0 Å². The van der Waals surface area contributed by atoms with Gasteiger partial charge in [0.05, 0.1) is 0 Å². The fraction of sp³-hybridized carbons (Fsp3) is 0.500. The molecule has 0 aliphatic rings. The van der Waals surface area contributed by atoms with Gasteiger partial charge in [-0.05, 0) is 0 Å². The first kappa shape index (κ1) is 8.67. The molecule has 0 aromatic rings. The number of rotatable bonds is 2. The fourth-order valence-corrected chi connectivity index (χ4v) is 0.677. The molecular formula is C2H4ClNO4S. The second-order valence-corrected chi connectivity index (χ2v) is 2.56. The first-order valence-corrected chi connectivity index (χ1v) is 3.77. The molecule has 0 saturated carbocycles. The molecule has 0 unspecified atom stereocenters. The molecule has 0 radical (unpaired) electrons. The van der Waals surface area contributed by atoms with Gasteiger partial charge < -0.3 is 0 Å². The van der Waals surface area contributed by atoms with E-state index in [1.807, 2.05) is 0 Å². The Morgan fingerprint density at radius 2 is 2.11 bits per heavy atom. The van der Waals surface area contributed by atoms with Gasteiger partial charge in [0.1, 0.15) is 5.88 Å². The standard InChI is InChI=1S/C2H4ClNO4S/c3-1-2(5)4-9(6,7)8/h1H2,(H,4,5)(H,6,7,8). The molecule has 1 amide bonds. The lowest BCUT2D eigenvalue weighted by Crippen LogP contribution is -2.30. The van der Waals surface area contributed by atoms with Gasteiger partial charge in [-0.1, -0.05) is 0 Å². The van der Waals surface area contributed by atoms with E-state index in [-0.39, 0.29) is 0 Å². The van der Waals surface area contributed by atoms with E-state index in [9.17, 15) is 13.2 Å². The number of amides is 1. The Hall–Kier alpha value is -0.330. The van der Waals surface area contributed by atoms with Crippen LogP contribution < -0.4 is 4.72 Å². The summed E-state index contributed by atoms with van der Waals surface area (Å²) < 4.78 is 28.7. The summed E-state index contributed by atoms with van der Waals surface area (Å²) in [5.74, 6) is -1.46. The van der Waals surface area contributed by atoms with Gasteiger partial charge in [-0.25, -0.2) is 4.72 Å². The lowest BCUT2D eigenvalue weighted by molar-refractivity contribution is -0.117. The maximum Gasteiger partial charge on any atom is 0.359 e. The third-order valence-electron chi connectivity index (χ3n) is 0.364. The molecule has 9 heavy (non-hydrogen) atoms. The Morgan fingerprint density at radius 1 is 1.67 bits per heavy atom. The average Bonchev–Trinajstić information content (AvgIpc) is 1.62. The van der Waals surface area contributed by atoms with Crippen LogP contribution in [0.1, 0.15) is 0 Å². The molecule has 5 nitrogen and oxygen atoms in total. The van der Waals surface area contributed by atoms with Crippen molar-refractivity contribution >= 4 is 27.8 Å². The average molecular weight is 174 g/mol. The Morgan fingerprint density at radius 3 is 2.22 bits per heavy atom. The zero-order valence-corrected chi connectivity index (χ0v) is 5.74. The number of hydrogen-bond donors (Lipinski definition) is 2. The van der Waals surface area contributed by atoms with Crippen LogP contribution in [-0.2, 0) is 15.1 Å². The first-order valence-electron chi connectivity index (χ1n) is 1.79. The van der Waals surface area contributed by atoms with Crippen LogP contribution in [0.5, 0.6) is 0 Å². The number of nitrogens with one attached hydrogen (secondary N) is 1. The summed E-state index contributed by atoms with van der Waals surface area (Å²) in [5, 5.41) is 0. The van der Waals surface area contributed by atoms with Gasteiger partial charge in [-0.15, -0.1) is 11.6 Å². The SMILES string of the molecule is O=C(CCl)NS(=O)(=O)O. The highest BCUT2D eigenvalue weighted by atomic mass is 35.5. The maximum atomic E-state index is 10.0. The van der Waals surface area contributed by atoms with E-state index in [1.54, 1.807) is 0 Å². The molecular weight excluding hydrogens is 170 g/mol. The predicted molar refractivity (Wildman–Crippen MR) is 30.4 cm³/mol. The van der Waals surface area contributed by atoms with Gasteiger partial charge in [-0.2, -0.15) is 8.42 Å². The summed E-state index contributed by atoms with van der Waals surface area (Å²) in [5.41, 5.74) is 0. The van der Waals surface area contributed by atoms with Crippen molar-refractivity contribution in [3.63, 3.8) is 0 Å². The van der Waals surface area contributed by atoms with E-state index >= 15 is 0 Å². The highest BCUT2D eigenvalue weighted by molar-refractivity contribution is 7.84. The van der Waals surface area contributed by atoms with Crippen molar-refractivity contribution in [1.82, 2.24) is 4.72 Å². The van der Waals surface area contributed by atoms with Crippen LogP contribution in [-0.4, -0.2) is 24.8 Å². The summed E-state index contributed by atoms with van der Waals surface area (Å²) in [6.07, 6.45) is 0. The normalized spacial score (nSPS) is 10.9. The second-order valence-electron chi connectivity index (χ2n) is 1.13. The van der Waals surface area contributed by atoms with Gasteiger partial charge in [0.15, 0.2) is 0 Å². The summed E-state index contributed by atoms with van der Waals surface area (Å²) in [7, 11) is -4.42. The third-order valence-corrected chi connectivity index (χ3v) is 1.09. The first-order chi connectivity index (χ1) is 3.95. The van der Waals surface area contributed by atoms with E-state index in [0.717, 1.165) is 0 Å². The van der Waals surface area contributed by atoms with Crippen LogP contribution in [0.25, 0.3) is 0 Å². The smallest absolute Gasteiger partial charge is 0.273 e. The van der Waals surface area contributed by atoms with E-state index < -0.39 is 22.1 Å². The molecule has 0 rings (SSSR count). The Bertz CT molecular complexity index is 197. The van der Waals surface area contributed by atoms with E-state index in [1.165, 1.54) is 4.72 Å². The summed E-state index contributed by atoms with van der Waals surface area (Å²) in [4.78, 5) is 10.0. The van der Waals surface area contributed by atoms with Crippen molar-refractivity contribution in [3.05, 3.63) is 0 Å². The maximum absolute atomic E-state index is 10.0. The molecule has 0 aliphatic heterocycles. The second kappa shape index (κ2) is 3.00. The van der Waals surface area contributed by atoms with Gasteiger partial charge in [0.2, 0.25) is 5.91 Å². The zero-order valence-electron chi connectivity index (χ0n) is 4.17. The predicted octanol–water partition coefficient (Wildman–Crippen LogP) is -0.856. The van der Waals surface area contributed by atoms with Crippen molar-refractivity contribution in [2.45, 2.75) is 0 Å². The molecule has 0 fully saturated rings. The minimum Gasteiger partial charge on any atom is -0.273 e. The van der Waals surface area contributed by atoms with E-state index in [4.69, 9.17) is 16.2 Å². The summed E-state index contributed by atoms with van der Waals surface area (Å²) in [6, 6.07) is 0. The van der Waals surface area contributed by atoms with Crippen LogP contribution in [0.2, 0.25) is 0 Å². The van der Waals surface area contributed by atoms with Crippen molar-refractivity contribution in [2.24, 2.45) is 0 Å². The number of carbonyl (C=O) groups is 1. The monoisotopic (exact) mass is 173 g/mol. The Kier molecular flexibility index (Phi) is 2.89. The minimum absolute atomic E-state index is 0.500. The molecule has 0 spiro atoms. The van der Waals surface area contributed by atoms with Crippen LogP contribution in [0.4, 0.5) is 0 Å². The largest absolute Gasteiger partial charge is 0.359 e. The van der Waals surface area contributed by atoms with Gasteiger partial charge >= 0.3 is 10.3 Å². The Balaban J connectivity index is 3.91. The quantitative estimate of drug-likeness (QED) is 0.421. The van der Waals surface area contributed by atoms with E-state index in [0.29, 0.717) is 0 Å². The van der Waals surface area contributed by atoms with Gasteiger partial charge in [-0.3, -0.25) is 9.35 Å². The molecule has 0 atom stereocenters. The molecule has 7 heteroatoms. The van der Waals surface area contributed by atoms with Crippen LogP contribution >= 0.6 is 11.6 Å². The lowest BCUT2D eigenvalue weighted by Gasteiger charge is -1.94. The Labute approximate surface area is 56.9 Å². The molecule has 0 aromatic carbocycles. The minimum atomic E-state index is -4.42. The number of carbonyl (C=O) groups excluding carboxylic acids is 1. The fourth-order valence-electron chi connectivity index (χ4n) is 0.171. The van der Waals surface area contributed by atoms with Crippen LogP contribution in [0, 0.1) is 0 Å². The zero-order chi connectivity index (χ0) is 7.49.